The van der Waals surface area contributed by atoms with E-state index in [-0.39, 0.29) is 36.1 Å². The molecule has 1 aromatic carbocycles. The van der Waals surface area contributed by atoms with Crippen LogP contribution in [0.2, 0.25) is 0 Å². The standard InChI is InChI=1S/C19H23N3O3/c1-21(2)11-13-7-3-6-10-16(13)20-17(23)12-22-18(24)14-8-4-5-9-15(14)19(22)25/h3-7,10,14-15H,8-9,11-12H2,1-2H3,(H,20,23). The van der Waals surface area contributed by atoms with E-state index in [0.717, 1.165) is 10.5 Å². The van der Waals surface area contributed by atoms with Crippen LogP contribution in [0.4, 0.5) is 5.69 Å². The number of carbonyl (C=O) groups is 3. The molecular weight excluding hydrogens is 318 g/mol. The predicted molar refractivity (Wildman–Crippen MR) is 94.5 cm³/mol. The smallest absolute Gasteiger partial charge is 0.244 e. The van der Waals surface area contributed by atoms with Crippen LogP contribution in [0.15, 0.2) is 36.4 Å². The van der Waals surface area contributed by atoms with Gasteiger partial charge in [0.1, 0.15) is 6.54 Å². The van der Waals surface area contributed by atoms with E-state index < -0.39 is 0 Å². The van der Waals surface area contributed by atoms with Crippen LogP contribution in [-0.2, 0) is 20.9 Å². The van der Waals surface area contributed by atoms with Gasteiger partial charge in [0.05, 0.1) is 11.8 Å². The number of likely N-dealkylation sites (tertiary alicyclic amines) is 1. The maximum atomic E-state index is 12.4. The second kappa shape index (κ2) is 7.19. The minimum Gasteiger partial charge on any atom is -0.324 e. The zero-order valence-electron chi connectivity index (χ0n) is 14.6. The van der Waals surface area contributed by atoms with Crippen molar-refractivity contribution in [3.63, 3.8) is 0 Å². The van der Waals surface area contributed by atoms with E-state index in [1.54, 1.807) is 0 Å². The van der Waals surface area contributed by atoms with Crippen LogP contribution < -0.4 is 5.32 Å². The van der Waals surface area contributed by atoms with Gasteiger partial charge in [-0.25, -0.2) is 0 Å². The molecular formula is C19H23N3O3. The molecule has 0 saturated carbocycles. The first kappa shape index (κ1) is 17.4. The summed E-state index contributed by atoms with van der Waals surface area (Å²) in [5, 5.41) is 2.84. The number of fused-ring (bicyclic) bond motifs is 1. The SMILES string of the molecule is CN(C)Cc1ccccc1NC(=O)CN1C(=O)C2CC=CCC2C1=O. The summed E-state index contributed by atoms with van der Waals surface area (Å²) < 4.78 is 0. The lowest BCUT2D eigenvalue weighted by Crippen LogP contribution is -2.38. The average Bonchev–Trinajstić information content (AvgIpc) is 2.82. The largest absolute Gasteiger partial charge is 0.324 e. The molecule has 6 heteroatoms. The molecule has 1 fully saturated rings. The van der Waals surface area contributed by atoms with Crippen LogP contribution in [0, 0.1) is 11.8 Å². The monoisotopic (exact) mass is 341 g/mol. The summed E-state index contributed by atoms with van der Waals surface area (Å²) in [6.45, 7) is 0.467. The molecule has 1 aromatic rings. The molecule has 0 aromatic heterocycles. The molecule has 132 valence electrons. The zero-order valence-corrected chi connectivity index (χ0v) is 14.6. The van der Waals surface area contributed by atoms with Crippen LogP contribution in [0.25, 0.3) is 0 Å². The molecule has 1 aliphatic heterocycles. The Kier molecular flexibility index (Phi) is 4.99. The van der Waals surface area contributed by atoms with Crippen LogP contribution in [0.3, 0.4) is 0 Å². The highest BCUT2D eigenvalue weighted by atomic mass is 16.2. The van der Waals surface area contributed by atoms with Gasteiger partial charge in [0.15, 0.2) is 0 Å². The number of imide groups is 1. The summed E-state index contributed by atoms with van der Waals surface area (Å²) in [6, 6.07) is 7.54. The number of anilines is 1. The van der Waals surface area contributed by atoms with Crippen molar-refractivity contribution in [2.75, 3.05) is 26.0 Å². The summed E-state index contributed by atoms with van der Waals surface area (Å²) in [5.74, 6) is -1.40. The van der Waals surface area contributed by atoms with Crippen LogP contribution in [0.5, 0.6) is 0 Å². The topological polar surface area (TPSA) is 69.7 Å². The van der Waals surface area contributed by atoms with E-state index in [4.69, 9.17) is 0 Å². The summed E-state index contributed by atoms with van der Waals surface area (Å²) in [6.07, 6.45) is 5.04. The van der Waals surface area contributed by atoms with Gasteiger partial charge in [-0.05, 0) is 38.6 Å². The number of nitrogens with zero attached hydrogens (tertiary/aromatic N) is 2. The maximum absolute atomic E-state index is 12.4. The molecule has 1 aliphatic carbocycles. The summed E-state index contributed by atoms with van der Waals surface area (Å²) >= 11 is 0. The third-order valence-corrected chi connectivity index (χ3v) is 4.68. The number of hydrogen-bond acceptors (Lipinski definition) is 4. The molecule has 0 radical (unpaired) electrons. The van der Waals surface area contributed by atoms with Crippen molar-refractivity contribution in [1.82, 2.24) is 9.80 Å². The third kappa shape index (κ3) is 3.64. The molecule has 2 atom stereocenters. The van der Waals surface area contributed by atoms with Gasteiger partial charge in [-0.15, -0.1) is 0 Å². The fourth-order valence-electron chi connectivity index (χ4n) is 3.48. The van der Waals surface area contributed by atoms with Crippen molar-refractivity contribution in [1.29, 1.82) is 0 Å². The molecule has 25 heavy (non-hydrogen) atoms. The fraction of sp³-hybridized carbons (Fsp3) is 0.421. The molecule has 3 rings (SSSR count). The van der Waals surface area contributed by atoms with Gasteiger partial charge in [-0.2, -0.15) is 0 Å². The normalized spacial score (nSPS) is 22.4. The number of amides is 3. The number of nitrogens with one attached hydrogen (secondary N) is 1. The maximum Gasteiger partial charge on any atom is 0.244 e. The van der Waals surface area contributed by atoms with E-state index in [1.807, 2.05) is 55.4 Å². The Morgan fingerprint density at radius 3 is 2.32 bits per heavy atom. The minimum absolute atomic E-state index is 0.221. The quantitative estimate of drug-likeness (QED) is 0.653. The Morgan fingerprint density at radius 1 is 1.12 bits per heavy atom. The molecule has 1 N–H and O–H groups in total. The van der Waals surface area contributed by atoms with Crippen molar-refractivity contribution in [3.8, 4) is 0 Å². The molecule has 2 unspecified atom stereocenters. The molecule has 2 aliphatic rings. The summed E-state index contributed by atoms with van der Waals surface area (Å²) in [5.41, 5.74) is 1.69. The lowest BCUT2D eigenvalue weighted by atomic mass is 9.85. The van der Waals surface area contributed by atoms with E-state index in [1.165, 1.54) is 0 Å². The van der Waals surface area contributed by atoms with Gasteiger partial charge < -0.3 is 10.2 Å². The Morgan fingerprint density at radius 2 is 1.72 bits per heavy atom. The lowest BCUT2D eigenvalue weighted by molar-refractivity contribution is -0.142. The van der Waals surface area contributed by atoms with Crippen LogP contribution >= 0.6 is 0 Å². The van der Waals surface area contributed by atoms with Crippen molar-refractivity contribution in [3.05, 3.63) is 42.0 Å². The van der Waals surface area contributed by atoms with Crippen molar-refractivity contribution < 1.29 is 14.4 Å². The van der Waals surface area contributed by atoms with Gasteiger partial charge in [-0.1, -0.05) is 30.4 Å². The molecule has 3 amide bonds. The van der Waals surface area contributed by atoms with E-state index >= 15 is 0 Å². The van der Waals surface area contributed by atoms with Gasteiger partial charge in [0, 0.05) is 12.2 Å². The zero-order chi connectivity index (χ0) is 18.0. The highest BCUT2D eigenvalue weighted by Gasteiger charge is 2.47. The lowest BCUT2D eigenvalue weighted by Gasteiger charge is -2.17. The first-order valence-corrected chi connectivity index (χ1v) is 8.50. The third-order valence-electron chi connectivity index (χ3n) is 4.68. The first-order chi connectivity index (χ1) is 12.0. The Bertz CT molecular complexity index is 700. The predicted octanol–water partition coefficient (Wildman–Crippen LogP) is 1.64. The molecule has 0 spiro atoms. The first-order valence-electron chi connectivity index (χ1n) is 8.50. The van der Waals surface area contributed by atoms with Crippen molar-refractivity contribution >= 4 is 23.4 Å². The van der Waals surface area contributed by atoms with Gasteiger partial charge in [0.2, 0.25) is 17.7 Å². The van der Waals surface area contributed by atoms with E-state index in [9.17, 15) is 14.4 Å². The molecule has 6 nitrogen and oxygen atoms in total. The van der Waals surface area contributed by atoms with E-state index in [0.29, 0.717) is 25.1 Å². The second-order valence-corrected chi connectivity index (χ2v) is 6.86. The van der Waals surface area contributed by atoms with Gasteiger partial charge in [-0.3, -0.25) is 19.3 Å². The van der Waals surface area contributed by atoms with Crippen molar-refractivity contribution in [2.24, 2.45) is 11.8 Å². The summed E-state index contributed by atoms with van der Waals surface area (Å²) in [7, 11) is 3.91. The summed E-state index contributed by atoms with van der Waals surface area (Å²) in [4.78, 5) is 40.4. The van der Waals surface area contributed by atoms with Gasteiger partial charge in [0.25, 0.3) is 0 Å². The number of rotatable bonds is 5. The van der Waals surface area contributed by atoms with E-state index in [2.05, 4.69) is 5.32 Å². The fourth-order valence-corrected chi connectivity index (χ4v) is 3.48. The average molecular weight is 341 g/mol. The highest BCUT2D eigenvalue weighted by Crippen LogP contribution is 2.34. The number of benzene rings is 1. The second-order valence-electron chi connectivity index (χ2n) is 6.86. The molecule has 0 bridgehead atoms. The van der Waals surface area contributed by atoms with Gasteiger partial charge >= 0.3 is 0 Å². The molecule has 1 heterocycles. The Labute approximate surface area is 147 Å². The molecule has 1 saturated heterocycles. The number of para-hydroxylation sites is 1. The van der Waals surface area contributed by atoms with Crippen LogP contribution in [-0.4, -0.2) is 48.2 Å². The Hall–Kier alpha value is -2.47. The highest BCUT2D eigenvalue weighted by molar-refractivity contribution is 6.08. The number of hydrogen-bond donors (Lipinski definition) is 1. The van der Waals surface area contributed by atoms with Crippen LogP contribution in [0.1, 0.15) is 18.4 Å². The Balaban J connectivity index is 1.67. The van der Waals surface area contributed by atoms with Crippen molar-refractivity contribution in [2.45, 2.75) is 19.4 Å². The number of carbonyl (C=O) groups excluding carboxylic acids is 3. The minimum atomic E-state index is -0.348. The number of allylic oxidation sites excluding steroid dienone is 2.